The third-order valence-electron chi connectivity index (χ3n) is 0.512. The zero-order chi connectivity index (χ0) is 5.15. The van der Waals surface area contributed by atoms with Crippen molar-refractivity contribution >= 4 is 0 Å². The summed E-state index contributed by atoms with van der Waals surface area (Å²) in [5, 5.41) is 8.29. The predicted octanol–water partition coefficient (Wildman–Crippen LogP) is 0.755. The van der Waals surface area contributed by atoms with Crippen LogP contribution in [0.2, 0.25) is 0 Å². The van der Waals surface area contributed by atoms with Crippen LogP contribution in [0.3, 0.4) is 0 Å². The van der Waals surface area contributed by atoms with Gasteiger partial charge in [0, 0.05) is 0 Å². The molecule has 3 N–H and O–H groups in total. The van der Waals surface area contributed by atoms with Crippen LogP contribution in [0.4, 0.5) is 0 Å². The molecule has 0 spiro atoms. The highest BCUT2D eigenvalue weighted by Crippen LogP contribution is 1.87. The van der Waals surface area contributed by atoms with Crippen molar-refractivity contribution in [1.82, 2.24) is 0 Å². The fourth-order valence-electron chi connectivity index (χ4n) is 0. The first kappa shape index (κ1) is 5.34. The molecule has 6 heavy (non-hydrogen) atoms. The summed E-state index contributed by atoms with van der Waals surface area (Å²) in [5.41, 5.74) is 5.63. The molecule has 0 heterocycles. The van der Waals surface area contributed by atoms with Crippen LogP contribution in [0.5, 0.6) is 0 Å². The van der Waals surface area contributed by atoms with Crippen molar-refractivity contribution in [2.45, 2.75) is 13.8 Å². The summed E-state index contributed by atoms with van der Waals surface area (Å²) < 4.78 is 0. The molecule has 0 aromatic rings. The van der Waals surface area contributed by atoms with E-state index in [0.29, 0.717) is 0 Å². The SMILES string of the molecule is CC(C)=C(N)O. The Morgan fingerprint density at radius 1 is 1.50 bits per heavy atom. The molecule has 0 atom stereocenters. The minimum Gasteiger partial charge on any atom is -0.495 e. The van der Waals surface area contributed by atoms with E-state index in [9.17, 15) is 0 Å². The van der Waals surface area contributed by atoms with Crippen LogP contribution >= 0.6 is 0 Å². The fraction of sp³-hybridized carbons (Fsp3) is 0.500. The van der Waals surface area contributed by atoms with Gasteiger partial charge in [0.15, 0.2) is 5.88 Å². The molecule has 0 aliphatic carbocycles. The van der Waals surface area contributed by atoms with Gasteiger partial charge >= 0.3 is 0 Å². The van der Waals surface area contributed by atoms with Gasteiger partial charge in [-0.15, -0.1) is 0 Å². The van der Waals surface area contributed by atoms with Gasteiger partial charge in [-0.25, -0.2) is 0 Å². The second kappa shape index (κ2) is 1.70. The minimum absolute atomic E-state index is 0.0741. The monoisotopic (exact) mass is 87.1 g/mol. The average molecular weight is 87.1 g/mol. The highest BCUT2D eigenvalue weighted by molar-refractivity contribution is 4.95. The number of hydrogen-bond acceptors (Lipinski definition) is 2. The summed E-state index contributed by atoms with van der Waals surface area (Å²) in [6, 6.07) is 0. The third kappa shape index (κ3) is 1.64. The second-order valence-corrected chi connectivity index (χ2v) is 1.39. The standard InChI is InChI=1S/C4H9NO/c1-3(2)4(5)6/h6H,5H2,1-2H3. The topological polar surface area (TPSA) is 46.2 Å². The van der Waals surface area contributed by atoms with E-state index in [1.54, 1.807) is 13.8 Å². The Balaban J connectivity index is 3.68. The molecule has 0 aromatic carbocycles. The van der Waals surface area contributed by atoms with E-state index in [-0.39, 0.29) is 5.88 Å². The lowest BCUT2D eigenvalue weighted by atomic mass is 10.4. The van der Waals surface area contributed by atoms with E-state index < -0.39 is 0 Å². The summed E-state index contributed by atoms with van der Waals surface area (Å²) in [7, 11) is 0. The smallest absolute Gasteiger partial charge is 0.179 e. The lowest BCUT2D eigenvalue weighted by Crippen LogP contribution is -1.95. The number of allylic oxidation sites excluding steroid dienone is 1. The van der Waals surface area contributed by atoms with Crippen LogP contribution in [-0.4, -0.2) is 5.11 Å². The van der Waals surface area contributed by atoms with Crippen molar-refractivity contribution in [2.24, 2.45) is 5.73 Å². The molecule has 2 nitrogen and oxygen atoms in total. The van der Waals surface area contributed by atoms with Gasteiger partial charge in [-0.2, -0.15) is 0 Å². The molecular weight excluding hydrogens is 78.0 g/mol. The molecule has 0 radical (unpaired) electrons. The Labute approximate surface area is 37.3 Å². The van der Waals surface area contributed by atoms with Crippen molar-refractivity contribution in [2.75, 3.05) is 0 Å². The first-order chi connectivity index (χ1) is 2.64. The number of rotatable bonds is 0. The van der Waals surface area contributed by atoms with Crippen LogP contribution in [-0.2, 0) is 0 Å². The molecule has 0 aliphatic rings. The van der Waals surface area contributed by atoms with E-state index in [1.165, 1.54) is 0 Å². The van der Waals surface area contributed by atoms with E-state index in [4.69, 9.17) is 10.8 Å². The maximum Gasteiger partial charge on any atom is 0.179 e. The third-order valence-corrected chi connectivity index (χ3v) is 0.512. The molecule has 0 rings (SSSR count). The van der Waals surface area contributed by atoms with E-state index in [2.05, 4.69) is 0 Å². The summed E-state index contributed by atoms with van der Waals surface area (Å²) in [6.07, 6.45) is 0. The molecule has 0 unspecified atom stereocenters. The van der Waals surface area contributed by atoms with Crippen LogP contribution < -0.4 is 5.73 Å². The summed E-state index contributed by atoms with van der Waals surface area (Å²) >= 11 is 0. The van der Waals surface area contributed by atoms with E-state index in [1.807, 2.05) is 0 Å². The molecule has 0 saturated heterocycles. The highest BCUT2D eigenvalue weighted by Gasteiger charge is 1.79. The van der Waals surface area contributed by atoms with Gasteiger partial charge in [0.2, 0.25) is 0 Å². The van der Waals surface area contributed by atoms with Gasteiger partial charge in [0.1, 0.15) is 0 Å². The van der Waals surface area contributed by atoms with Crippen molar-refractivity contribution in [1.29, 1.82) is 0 Å². The molecule has 0 fully saturated rings. The quantitative estimate of drug-likeness (QED) is 0.428. The zero-order valence-corrected chi connectivity index (χ0v) is 4.02. The molecule has 2 heteroatoms. The summed E-state index contributed by atoms with van der Waals surface area (Å²) in [6.45, 7) is 3.49. The number of hydrogen-bond donors (Lipinski definition) is 2. The van der Waals surface area contributed by atoms with E-state index >= 15 is 0 Å². The van der Waals surface area contributed by atoms with Crippen molar-refractivity contribution in [3.8, 4) is 0 Å². The van der Waals surface area contributed by atoms with Gasteiger partial charge in [-0.05, 0) is 19.4 Å². The zero-order valence-electron chi connectivity index (χ0n) is 4.02. The molecule has 0 aliphatic heterocycles. The predicted molar refractivity (Wildman–Crippen MR) is 25.2 cm³/mol. The Morgan fingerprint density at radius 2 is 1.67 bits per heavy atom. The Bertz CT molecular complexity index is 57.6. The molecule has 0 amide bonds. The van der Waals surface area contributed by atoms with Gasteiger partial charge in [0.25, 0.3) is 0 Å². The van der Waals surface area contributed by atoms with Crippen molar-refractivity contribution in [3.05, 3.63) is 11.5 Å². The Hall–Kier alpha value is -0.660. The number of nitrogens with two attached hydrogens (primary N) is 1. The first-order valence-corrected chi connectivity index (χ1v) is 1.76. The van der Waals surface area contributed by atoms with Crippen molar-refractivity contribution in [3.63, 3.8) is 0 Å². The minimum atomic E-state index is -0.0741. The summed E-state index contributed by atoms with van der Waals surface area (Å²) in [4.78, 5) is 0. The lowest BCUT2D eigenvalue weighted by Gasteiger charge is -1.87. The van der Waals surface area contributed by atoms with Gasteiger partial charge < -0.3 is 10.8 Å². The average Bonchev–Trinajstić information content (AvgIpc) is 1.36. The molecule has 0 bridgehead atoms. The van der Waals surface area contributed by atoms with Crippen LogP contribution in [0.1, 0.15) is 13.8 Å². The first-order valence-electron chi connectivity index (χ1n) is 1.76. The fourth-order valence-corrected chi connectivity index (χ4v) is 0. The second-order valence-electron chi connectivity index (χ2n) is 1.39. The summed E-state index contributed by atoms with van der Waals surface area (Å²) in [5.74, 6) is -0.0741. The highest BCUT2D eigenvalue weighted by atomic mass is 16.3. The van der Waals surface area contributed by atoms with E-state index in [0.717, 1.165) is 5.57 Å². The molecule has 36 valence electrons. The largest absolute Gasteiger partial charge is 0.495 e. The van der Waals surface area contributed by atoms with Gasteiger partial charge in [-0.1, -0.05) is 0 Å². The van der Waals surface area contributed by atoms with Gasteiger partial charge in [-0.3, -0.25) is 0 Å². The van der Waals surface area contributed by atoms with Gasteiger partial charge in [0.05, 0.1) is 0 Å². The number of aliphatic hydroxyl groups excluding tert-OH is 1. The van der Waals surface area contributed by atoms with Crippen LogP contribution in [0.25, 0.3) is 0 Å². The van der Waals surface area contributed by atoms with Crippen molar-refractivity contribution < 1.29 is 5.11 Å². The normalized spacial score (nSPS) is 7.67. The maximum absolute atomic E-state index is 8.29. The Morgan fingerprint density at radius 3 is 1.67 bits per heavy atom. The Kier molecular flexibility index (Phi) is 1.51. The maximum atomic E-state index is 8.29. The van der Waals surface area contributed by atoms with Crippen LogP contribution in [0.15, 0.2) is 11.5 Å². The number of aliphatic hydroxyl groups is 1. The van der Waals surface area contributed by atoms with Crippen LogP contribution in [0, 0.1) is 0 Å². The molecule has 0 aromatic heterocycles. The molecular formula is C4H9NO. The lowest BCUT2D eigenvalue weighted by molar-refractivity contribution is 0.398. The molecule has 0 saturated carbocycles.